The van der Waals surface area contributed by atoms with Gasteiger partial charge in [0.2, 0.25) is 0 Å². The van der Waals surface area contributed by atoms with E-state index < -0.39 is 24.1 Å². The smallest absolute Gasteiger partial charge is 0.297 e. The van der Waals surface area contributed by atoms with Gasteiger partial charge in [-0.3, -0.25) is 0 Å². The zero-order chi connectivity index (χ0) is 13.3. The molecular weight excluding hydrogens is 241 g/mol. The molecule has 3 atom stereocenters. The minimum absolute atomic E-state index is 0.0747. The van der Waals surface area contributed by atoms with E-state index in [4.69, 9.17) is 4.74 Å². The van der Waals surface area contributed by atoms with Crippen molar-refractivity contribution in [3.05, 3.63) is 28.9 Å². The molecule has 0 spiro atoms. The number of aliphatic hydroxyl groups excluding tert-OH is 2. The molecule has 1 fully saturated rings. The molecular formula is C12H15FNO4+. The third-order valence-corrected chi connectivity index (χ3v) is 3.06. The van der Waals surface area contributed by atoms with Crippen molar-refractivity contribution in [1.82, 2.24) is 0 Å². The van der Waals surface area contributed by atoms with E-state index in [-0.39, 0.29) is 11.4 Å². The standard InChI is InChI=1S/C12H15FNO4/c1-14(17)8-3-2-7(13)6-11(8)18-10-5-4-9(15)12(10)16/h2-3,6,9-10,12,15-16H,4-5H2,1H3/q+1. The van der Waals surface area contributed by atoms with Crippen molar-refractivity contribution >= 4 is 5.69 Å². The highest BCUT2D eigenvalue weighted by atomic mass is 19.1. The molecule has 0 radical (unpaired) electrons. The number of rotatable bonds is 3. The van der Waals surface area contributed by atoms with Crippen LogP contribution in [0.5, 0.6) is 5.75 Å². The van der Waals surface area contributed by atoms with Crippen LogP contribution in [0.15, 0.2) is 18.2 Å². The van der Waals surface area contributed by atoms with Crippen molar-refractivity contribution in [3.8, 4) is 5.75 Å². The van der Waals surface area contributed by atoms with Crippen LogP contribution >= 0.6 is 0 Å². The van der Waals surface area contributed by atoms with Crippen LogP contribution in [0.25, 0.3) is 0 Å². The topological polar surface area (TPSA) is 69.8 Å². The quantitative estimate of drug-likeness (QED) is 0.795. The molecule has 1 aromatic rings. The van der Waals surface area contributed by atoms with Gasteiger partial charge in [0.1, 0.15) is 18.0 Å². The van der Waals surface area contributed by atoms with Gasteiger partial charge in [-0.05, 0) is 18.9 Å². The molecule has 1 aliphatic rings. The second-order valence-corrected chi connectivity index (χ2v) is 4.40. The van der Waals surface area contributed by atoms with E-state index in [0.717, 1.165) is 12.1 Å². The summed E-state index contributed by atoms with van der Waals surface area (Å²) in [4.78, 5) is 11.3. The van der Waals surface area contributed by atoms with Crippen molar-refractivity contribution in [2.24, 2.45) is 0 Å². The third-order valence-electron chi connectivity index (χ3n) is 3.06. The average Bonchev–Trinajstić information content (AvgIpc) is 2.61. The lowest BCUT2D eigenvalue weighted by atomic mass is 10.2. The Balaban J connectivity index is 2.23. The molecule has 0 saturated heterocycles. The molecule has 18 heavy (non-hydrogen) atoms. The van der Waals surface area contributed by atoms with E-state index >= 15 is 0 Å². The van der Waals surface area contributed by atoms with Gasteiger partial charge in [0, 0.05) is 21.8 Å². The van der Waals surface area contributed by atoms with E-state index in [9.17, 15) is 19.5 Å². The first-order valence-corrected chi connectivity index (χ1v) is 5.72. The largest absolute Gasteiger partial charge is 0.481 e. The van der Waals surface area contributed by atoms with E-state index in [0.29, 0.717) is 17.6 Å². The summed E-state index contributed by atoms with van der Waals surface area (Å²) in [5, 5.41) is 19.1. The highest BCUT2D eigenvalue weighted by Crippen LogP contribution is 2.32. The van der Waals surface area contributed by atoms with E-state index in [1.165, 1.54) is 13.1 Å². The monoisotopic (exact) mass is 256 g/mol. The summed E-state index contributed by atoms with van der Waals surface area (Å²) in [7, 11) is 1.28. The van der Waals surface area contributed by atoms with Gasteiger partial charge in [0.25, 0.3) is 5.69 Å². The first kappa shape index (κ1) is 12.9. The predicted molar refractivity (Wildman–Crippen MR) is 61.3 cm³/mol. The summed E-state index contributed by atoms with van der Waals surface area (Å²) in [6.45, 7) is 0. The Kier molecular flexibility index (Phi) is 3.58. The highest BCUT2D eigenvalue weighted by molar-refractivity contribution is 5.46. The number of halogens is 1. The molecule has 3 unspecified atom stereocenters. The van der Waals surface area contributed by atoms with Crippen molar-refractivity contribution in [2.75, 3.05) is 7.05 Å². The maximum atomic E-state index is 13.1. The molecule has 6 heteroatoms. The molecule has 2 N–H and O–H groups in total. The minimum Gasteiger partial charge on any atom is -0.481 e. The van der Waals surface area contributed by atoms with Crippen molar-refractivity contribution in [2.45, 2.75) is 31.2 Å². The Labute approximate surface area is 103 Å². The number of nitroso groups, excluding NO2 is 1. The Bertz CT molecular complexity index is 465. The molecule has 0 heterocycles. The Morgan fingerprint density at radius 1 is 1.39 bits per heavy atom. The van der Waals surface area contributed by atoms with Crippen molar-refractivity contribution in [1.29, 1.82) is 0 Å². The Morgan fingerprint density at radius 3 is 2.67 bits per heavy atom. The lowest BCUT2D eigenvalue weighted by Crippen LogP contribution is -2.32. The number of nitrogens with zero attached hydrogens (tertiary/aromatic N) is 1. The van der Waals surface area contributed by atoms with Crippen LogP contribution in [0.3, 0.4) is 0 Å². The SMILES string of the molecule is C[N+](=O)c1ccc(F)cc1OC1CCC(O)C1O. The van der Waals surface area contributed by atoms with Gasteiger partial charge in [-0.2, -0.15) is 0 Å². The fourth-order valence-electron chi connectivity index (χ4n) is 2.06. The third kappa shape index (κ3) is 2.49. The fraction of sp³-hybridized carbons (Fsp3) is 0.500. The summed E-state index contributed by atoms with van der Waals surface area (Å²) < 4.78 is 19.1. The van der Waals surface area contributed by atoms with Crippen LogP contribution in [0, 0.1) is 10.7 Å². The zero-order valence-corrected chi connectivity index (χ0v) is 9.91. The summed E-state index contributed by atoms with van der Waals surface area (Å²) in [5.41, 5.74) is 0.185. The summed E-state index contributed by atoms with van der Waals surface area (Å²) in [6, 6.07) is 3.58. The van der Waals surface area contributed by atoms with Gasteiger partial charge >= 0.3 is 0 Å². The average molecular weight is 256 g/mol. The number of benzene rings is 1. The van der Waals surface area contributed by atoms with Gasteiger partial charge in [0.15, 0.2) is 12.8 Å². The van der Waals surface area contributed by atoms with Crippen molar-refractivity contribution in [3.63, 3.8) is 0 Å². The van der Waals surface area contributed by atoms with Gasteiger partial charge < -0.3 is 14.9 Å². The maximum Gasteiger partial charge on any atom is 0.297 e. The van der Waals surface area contributed by atoms with Gasteiger partial charge in [-0.15, -0.1) is 0 Å². The first-order chi connectivity index (χ1) is 8.49. The van der Waals surface area contributed by atoms with Crippen molar-refractivity contribution < 1.29 is 24.1 Å². The summed E-state index contributed by atoms with van der Waals surface area (Å²) >= 11 is 0. The number of hydrogen-bond acceptors (Lipinski definition) is 4. The van der Waals surface area contributed by atoms with Crippen LogP contribution in [0.1, 0.15) is 12.8 Å². The van der Waals surface area contributed by atoms with Crippen LogP contribution < -0.4 is 4.74 Å². The summed E-state index contributed by atoms with van der Waals surface area (Å²) in [5.74, 6) is -0.450. The molecule has 0 aromatic heterocycles. The molecule has 98 valence electrons. The number of ether oxygens (including phenoxy) is 1. The van der Waals surface area contributed by atoms with E-state index in [1.54, 1.807) is 0 Å². The van der Waals surface area contributed by atoms with E-state index in [1.807, 2.05) is 0 Å². The highest BCUT2D eigenvalue weighted by Gasteiger charge is 2.36. The molecule has 0 aliphatic heterocycles. The van der Waals surface area contributed by atoms with Gasteiger partial charge in [-0.1, -0.05) is 0 Å². The molecule has 5 nitrogen and oxygen atoms in total. The number of hydrogen-bond donors (Lipinski definition) is 2. The van der Waals surface area contributed by atoms with Crippen LogP contribution in [0.2, 0.25) is 0 Å². The minimum atomic E-state index is -1.02. The Hall–Kier alpha value is -1.53. The van der Waals surface area contributed by atoms with Crippen LogP contribution in [-0.4, -0.2) is 40.3 Å². The normalized spacial score (nSPS) is 27.2. The molecule has 0 amide bonds. The van der Waals surface area contributed by atoms with Gasteiger partial charge in [-0.25, -0.2) is 4.39 Å². The Morgan fingerprint density at radius 2 is 2.11 bits per heavy atom. The maximum absolute atomic E-state index is 13.1. The van der Waals surface area contributed by atoms with Crippen LogP contribution in [-0.2, 0) is 0 Å². The lowest BCUT2D eigenvalue weighted by molar-refractivity contribution is -0.429. The molecule has 1 aromatic carbocycles. The molecule has 1 aliphatic carbocycles. The second kappa shape index (κ2) is 4.99. The molecule has 2 rings (SSSR count). The van der Waals surface area contributed by atoms with E-state index in [2.05, 4.69) is 0 Å². The van der Waals surface area contributed by atoms with Crippen LogP contribution in [0.4, 0.5) is 10.1 Å². The molecule has 0 bridgehead atoms. The predicted octanol–water partition coefficient (Wildman–Crippen LogP) is 1.13. The van der Waals surface area contributed by atoms with Gasteiger partial charge in [0.05, 0.1) is 6.10 Å². The molecule has 1 saturated carbocycles. The zero-order valence-electron chi connectivity index (χ0n) is 9.91. The lowest BCUT2D eigenvalue weighted by Gasteiger charge is -2.18. The summed E-state index contributed by atoms with van der Waals surface area (Å²) in [6.07, 6.45) is -1.60. The second-order valence-electron chi connectivity index (χ2n) is 4.40. The number of aliphatic hydroxyl groups is 2. The fourth-order valence-corrected chi connectivity index (χ4v) is 2.06. The first-order valence-electron chi connectivity index (χ1n) is 5.72.